The minimum absolute atomic E-state index is 0.0482. The van der Waals surface area contributed by atoms with Crippen molar-refractivity contribution in [3.05, 3.63) is 12.7 Å². The van der Waals surface area contributed by atoms with Crippen LogP contribution in [-0.2, 0) is 10.2 Å². The molecular formula is C12H25N3O2S. The predicted molar refractivity (Wildman–Crippen MR) is 74.4 cm³/mol. The zero-order valence-electron chi connectivity index (χ0n) is 11.2. The molecule has 1 saturated heterocycles. The van der Waals surface area contributed by atoms with Gasteiger partial charge in [0, 0.05) is 32.2 Å². The van der Waals surface area contributed by atoms with E-state index in [4.69, 9.17) is 5.73 Å². The molecule has 0 bridgehead atoms. The van der Waals surface area contributed by atoms with Crippen LogP contribution in [0, 0.1) is 0 Å². The summed E-state index contributed by atoms with van der Waals surface area (Å²) in [4.78, 5) is 0. The number of hydrogen-bond donors (Lipinski definition) is 1. The van der Waals surface area contributed by atoms with Crippen LogP contribution in [0.5, 0.6) is 0 Å². The van der Waals surface area contributed by atoms with E-state index in [0.717, 1.165) is 25.7 Å². The molecule has 0 amide bonds. The van der Waals surface area contributed by atoms with Crippen molar-refractivity contribution in [3.8, 4) is 0 Å². The molecule has 0 spiro atoms. The molecule has 0 aromatic rings. The summed E-state index contributed by atoms with van der Waals surface area (Å²) >= 11 is 0. The number of rotatable bonds is 7. The molecule has 1 heterocycles. The van der Waals surface area contributed by atoms with Crippen molar-refractivity contribution in [2.75, 3.05) is 26.2 Å². The Bertz CT molecular complexity index is 356. The van der Waals surface area contributed by atoms with Crippen LogP contribution >= 0.6 is 0 Å². The molecule has 1 fully saturated rings. The van der Waals surface area contributed by atoms with Gasteiger partial charge in [0.25, 0.3) is 10.2 Å². The number of nitrogens with two attached hydrogens (primary N) is 1. The van der Waals surface area contributed by atoms with Gasteiger partial charge in [0.1, 0.15) is 0 Å². The summed E-state index contributed by atoms with van der Waals surface area (Å²) in [6.07, 6.45) is 5.28. The Kier molecular flexibility index (Phi) is 6.28. The molecule has 0 radical (unpaired) electrons. The van der Waals surface area contributed by atoms with E-state index in [1.165, 1.54) is 4.31 Å². The van der Waals surface area contributed by atoms with Gasteiger partial charge >= 0.3 is 0 Å². The van der Waals surface area contributed by atoms with Crippen molar-refractivity contribution in [2.45, 2.75) is 38.6 Å². The van der Waals surface area contributed by atoms with E-state index < -0.39 is 10.2 Å². The largest absolute Gasteiger partial charge is 0.329 e. The normalized spacial score (nSPS) is 22.3. The van der Waals surface area contributed by atoms with Gasteiger partial charge in [-0.25, -0.2) is 0 Å². The molecule has 2 N–H and O–H groups in total. The van der Waals surface area contributed by atoms with E-state index in [9.17, 15) is 8.42 Å². The van der Waals surface area contributed by atoms with Crippen molar-refractivity contribution >= 4 is 10.2 Å². The fourth-order valence-electron chi connectivity index (χ4n) is 2.36. The van der Waals surface area contributed by atoms with Crippen LogP contribution in [0.2, 0.25) is 0 Å². The summed E-state index contributed by atoms with van der Waals surface area (Å²) in [7, 11) is -3.39. The van der Waals surface area contributed by atoms with Crippen LogP contribution in [0.3, 0.4) is 0 Å². The molecule has 1 aliphatic rings. The monoisotopic (exact) mass is 275 g/mol. The molecule has 0 aromatic carbocycles. The van der Waals surface area contributed by atoms with E-state index >= 15 is 0 Å². The fraction of sp³-hybridized carbons (Fsp3) is 0.833. The van der Waals surface area contributed by atoms with E-state index in [1.54, 1.807) is 10.4 Å². The Hall–Kier alpha value is -0.430. The third kappa shape index (κ3) is 3.54. The van der Waals surface area contributed by atoms with Crippen LogP contribution in [0.4, 0.5) is 0 Å². The van der Waals surface area contributed by atoms with E-state index in [-0.39, 0.29) is 6.04 Å². The molecule has 0 aromatic heterocycles. The molecule has 1 aliphatic heterocycles. The van der Waals surface area contributed by atoms with Gasteiger partial charge < -0.3 is 5.73 Å². The molecule has 1 unspecified atom stereocenters. The van der Waals surface area contributed by atoms with Crippen molar-refractivity contribution in [1.82, 2.24) is 8.61 Å². The quantitative estimate of drug-likeness (QED) is 0.703. The summed E-state index contributed by atoms with van der Waals surface area (Å²) in [5, 5.41) is 0. The summed E-state index contributed by atoms with van der Waals surface area (Å²) in [6, 6.07) is -0.0482. The zero-order chi connectivity index (χ0) is 13.6. The smallest absolute Gasteiger partial charge is 0.282 e. The maximum atomic E-state index is 12.6. The minimum atomic E-state index is -3.39. The Morgan fingerprint density at radius 3 is 2.78 bits per heavy atom. The lowest BCUT2D eigenvalue weighted by molar-refractivity contribution is 0.238. The first-order valence-corrected chi connectivity index (χ1v) is 8.05. The number of hydrogen-bond acceptors (Lipinski definition) is 3. The molecule has 0 aliphatic carbocycles. The third-order valence-corrected chi connectivity index (χ3v) is 5.33. The second-order valence-electron chi connectivity index (χ2n) is 4.65. The summed E-state index contributed by atoms with van der Waals surface area (Å²) in [5.41, 5.74) is 5.69. The van der Waals surface area contributed by atoms with Gasteiger partial charge in [-0.05, 0) is 19.3 Å². The Morgan fingerprint density at radius 2 is 2.22 bits per heavy atom. The standard InChI is InChI=1S/C12H25N3O2S/c1-3-8-14(9-4-2)18(16,17)15-10-6-5-7-12(15)11-13/h3,12H,1,4-11,13H2,2H3. The highest BCUT2D eigenvalue weighted by molar-refractivity contribution is 7.86. The van der Waals surface area contributed by atoms with Crippen LogP contribution in [0.25, 0.3) is 0 Å². The summed E-state index contributed by atoms with van der Waals surface area (Å²) in [6.45, 7) is 7.48. The number of piperidine rings is 1. The second-order valence-corrected chi connectivity index (χ2v) is 6.53. The first kappa shape index (κ1) is 15.6. The Morgan fingerprint density at radius 1 is 1.50 bits per heavy atom. The average Bonchev–Trinajstić information content (AvgIpc) is 2.38. The van der Waals surface area contributed by atoms with E-state index in [0.29, 0.717) is 26.2 Å². The van der Waals surface area contributed by atoms with Crippen molar-refractivity contribution in [2.24, 2.45) is 5.73 Å². The van der Waals surface area contributed by atoms with Crippen LogP contribution in [-0.4, -0.2) is 49.2 Å². The van der Waals surface area contributed by atoms with Gasteiger partial charge in [0.15, 0.2) is 0 Å². The average molecular weight is 275 g/mol. The van der Waals surface area contributed by atoms with Gasteiger partial charge in [0.2, 0.25) is 0 Å². The van der Waals surface area contributed by atoms with E-state index in [1.807, 2.05) is 6.92 Å². The lowest BCUT2D eigenvalue weighted by atomic mass is 10.1. The van der Waals surface area contributed by atoms with Gasteiger partial charge in [-0.1, -0.05) is 19.4 Å². The molecule has 0 saturated carbocycles. The van der Waals surface area contributed by atoms with Crippen molar-refractivity contribution < 1.29 is 8.42 Å². The molecular weight excluding hydrogens is 250 g/mol. The molecule has 18 heavy (non-hydrogen) atoms. The van der Waals surface area contributed by atoms with Gasteiger partial charge in [-0.3, -0.25) is 0 Å². The maximum absolute atomic E-state index is 12.6. The molecule has 6 heteroatoms. The van der Waals surface area contributed by atoms with Crippen LogP contribution in [0.15, 0.2) is 12.7 Å². The molecule has 5 nitrogen and oxygen atoms in total. The highest BCUT2D eigenvalue weighted by atomic mass is 32.2. The topological polar surface area (TPSA) is 66.6 Å². The first-order chi connectivity index (χ1) is 8.57. The molecule has 1 atom stereocenters. The summed E-state index contributed by atoms with van der Waals surface area (Å²) in [5.74, 6) is 0. The minimum Gasteiger partial charge on any atom is -0.329 e. The first-order valence-electron chi connectivity index (χ1n) is 6.65. The summed E-state index contributed by atoms with van der Waals surface area (Å²) < 4.78 is 28.2. The second kappa shape index (κ2) is 7.23. The van der Waals surface area contributed by atoms with Crippen LogP contribution < -0.4 is 5.73 Å². The zero-order valence-corrected chi connectivity index (χ0v) is 12.0. The fourth-order valence-corrected chi connectivity index (χ4v) is 4.29. The Balaban J connectivity index is 2.89. The lowest BCUT2D eigenvalue weighted by Gasteiger charge is -2.37. The molecule has 1 rings (SSSR count). The number of nitrogens with zero attached hydrogens (tertiary/aromatic N) is 2. The third-order valence-electron chi connectivity index (χ3n) is 3.27. The van der Waals surface area contributed by atoms with Crippen molar-refractivity contribution in [1.29, 1.82) is 0 Å². The Labute approximate surface area is 111 Å². The maximum Gasteiger partial charge on any atom is 0.282 e. The highest BCUT2D eigenvalue weighted by Gasteiger charge is 2.34. The van der Waals surface area contributed by atoms with Gasteiger partial charge in [-0.2, -0.15) is 17.0 Å². The van der Waals surface area contributed by atoms with Crippen molar-refractivity contribution in [3.63, 3.8) is 0 Å². The van der Waals surface area contributed by atoms with Gasteiger partial charge in [0.05, 0.1) is 0 Å². The SMILES string of the molecule is C=CCN(CCC)S(=O)(=O)N1CCCCC1CN. The molecule has 106 valence electrons. The van der Waals surface area contributed by atoms with E-state index in [2.05, 4.69) is 6.58 Å². The lowest BCUT2D eigenvalue weighted by Crippen LogP contribution is -2.53. The van der Waals surface area contributed by atoms with Crippen LogP contribution in [0.1, 0.15) is 32.6 Å². The highest BCUT2D eigenvalue weighted by Crippen LogP contribution is 2.22. The predicted octanol–water partition coefficient (Wildman–Crippen LogP) is 0.942. The van der Waals surface area contributed by atoms with Gasteiger partial charge in [-0.15, -0.1) is 6.58 Å².